The molecule has 4 heteroatoms. The number of hydrogen-bond donors (Lipinski definition) is 2. The molecule has 0 atom stereocenters. The number of anilines is 2. The van der Waals surface area contributed by atoms with Gasteiger partial charge in [0.05, 0.1) is 12.3 Å². The van der Waals surface area contributed by atoms with Crippen LogP contribution in [0.2, 0.25) is 0 Å². The van der Waals surface area contributed by atoms with Crippen molar-refractivity contribution in [2.24, 2.45) is 0 Å². The van der Waals surface area contributed by atoms with E-state index in [0.29, 0.717) is 5.69 Å². The summed E-state index contributed by atoms with van der Waals surface area (Å²) in [6.07, 6.45) is 0. The summed E-state index contributed by atoms with van der Waals surface area (Å²) in [4.78, 5) is 4.20. The zero-order chi connectivity index (χ0) is 10.7. The molecule has 2 aromatic rings. The lowest BCUT2D eigenvalue weighted by Crippen LogP contribution is -1.90. The number of thiazole rings is 1. The van der Waals surface area contributed by atoms with Crippen LogP contribution in [-0.2, 0) is 6.61 Å². The second-order valence-corrected chi connectivity index (χ2v) is 4.15. The van der Waals surface area contributed by atoms with Gasteiger partial charge in [0, 0.05) is 11.1 Å². The molecule has 2 N–H and O–H groups in total. The van der Waals surface area contributed by atoms with E-state index in [0.717, 1.165) is 10.8 Å². The largest absolute Gasteiger partial charge is 0.390 e. The van der Waals surface area contributed by atoms with Gasteiger partial charge >= 0.3 is 0 Å². The summed E-state index contributed by atoms with van der Waals surface area (Å²) >= 11 is 1.49. The highest BCUT2D eigenvalue weighted by Crippen LogP contribution is 2.20. The van der Waals surface area contributed by atoms with Crippen molar-refractivity contribution in [1.82, 2.24) is 4.98 Å². The van der Waals surface area contributed by atoms with Crippen molar-refractivity contribution in [1.29, 1.82) is 0 Å². The van der Waals surface area contributed by atoms with Crippen LogP contribution < -0.4 is 5.32 Å². The number of aryl methyl sites for hydroxylation is 1. The van der Waals surface area contributed by atoms with Crippen molar-refractivity contribution in [3.63, 3.8) is 0 Å². The Morgan fingerprint density at radius 1 is 1.33 bits per heavy atom. The molecule has 0 fully saturated rings. The fraction of sp³-hybridized carbons (Fsp3) is 0.182. The summed E-state index contributed by atoms with van der Waals surface area (Å²) in [5.74, 6) is 0. The molecule has 15 heavy (non-hydrogen) atoms. The number of aliphatic hydroxyl groups is 1. The fourth-order valence-corrected chi connectivity index (χ4v) is 1.92. The minimum Gasteiger partial charge on any atom is -0.390 e. The number of benzene rings is 1. The molecule has 0 bridgehead atoms. The van der Waals surface area contributed by atoms with Crippen LogP contribution in [0.5, 0.6) is 0 Å². The number of hydrogen-bond acceptors (Lipinski definition) is 4. The molecular weight excluding hydrogens is 208 g/mol. The Morgan fingerprint density at radius 3 is 2.67 bits per heavy atom. The van der Waals surface area contributed by atoms with Crippen LogP contribution in [0.4, 0.5) is 10.8 Å². The molecule has 0 aliphatic carbocycles. The van der Waals surface area contributed by atoms with Crippen molar-refractivity contribution in [2.75, 3.05) is 5.32 Å². The standard InChI is InChI=1S/C11H12N2OS/c1-8-2-4-9(5-3-8)12-11-13-10(6-14)7-15-11/h2-5,7,14H,6H2,1H3,(H,12,13). The molecule has 0 unspecified atom stereocenters. The van der Waals surface area contributed by atoms with Crippen molar-refractivity contribution < 1.29 is 5.11 Å². The Hall–Kier alpha value is -1.39. The van der Waals surface area contributed by atoms with Gasteiger partial charge in [-0.1, -0.05) is 17.7 Å². The van der Waals surface area contributed by atoms with Crippen molar-refractivity contribution in [2.45, 2.75) is 13.5 Å². The van der Waals surface area contributed by atoms with Crippen LogP contribution in [0.15, 0.2) is 29.6 Å². The molecule has 0 aliphatic heterocycles. The first kappa shape index (κ1) is 10.1. The molecule has 78 valence electrons. The van der Waals surface area contributed by atoms with Crippen LogP contribution >= 0.6 is 11.3 Å². The monoisotopic (exact) mass is 220 g/mol. The van der Waals surface area contributed by atoms with Crippen LogP contribution in [0.3, 0.4) is 0 Å². The van der Waals surface area contributed by atoms with E-state index in [1.165, 1.54) is 16.9 Å². The van der Waals surface area contributed by atoms with Crippen LogP contribution in [0, 0.1) is 6.92 Å². The van der Waals surface area contributed by atoms with Crippen LogP contribution in [0.25, 0.3) is 0 Å². The van der Waals surface area contributed by atoms with E-state index in [4.69, 9.17) is 5.11 Å². The quantitative estimate of drug-likeness (QED) is 0.836. The maximum absolute atomic E-state index is 8.87. The first-order valence-corrected chi connectivity index (χ1v) is 5.55. The molecule has 0 spiro atoms. The van der Waals surface area contributed by atoms with Crippen molar-refractivity contribution in [3.8, 4) is 0 Å². The lowest BCUT2D eigenvalue weighted by Gasteiger charge is -2.01. The molecule has 3 nitrogen and oxygen atoms in total. The molecule has 0 saturated heterocycles. The molecule has 1 heterocycles. The van der Waals surface area contributed by atoms with Gasteiger partial charge in [-0.3, -0.25) is 0 Å². The number of aliphatic hydroxyl groups excluding tert-OH is 1. The maximum Gasteiger partial charge on any atom is 0.187 e. The highest BCUT2D eigenvalue weighted by molar-refractivity contribution is 7.13. The number of aromatic nitrogens is 1. The molecule has 0 amide bonds. The van der Waals surface area contributed by atoms with Crippen molar-refractivity contribution >= 4 is 22.2 Å². The third-order valence-electron chi connectivity index (χ3n) is 2.02. The maximum atomic E-state index is 8.87. The van der Waals surface area contributed by atoms with Gasteiger partial charge in [-0.25, -0.2) is 4.98 Å². The zero-order valence-electron chi connectivity index (χ0n) is 8.40. The minimum absolute atomic E-state index is 0.00786. The van der Waals surface area contributed by atoms with E-state index in [-0.39, 0.29) is 6.61 Å². The second-order valence-electron chi connectivity index (χ2n) is 3.29. The van der Waals surface area contributed by atoms with E-state index >= 15 is 0 Å². The van der Waals surface area contributed by atoms with Gasteiger partial charge in [0.25, 0.3) is 0 Å². The van der Waals surface area contributed by atoms with E-state index in [9.17, 15) is 0 Å². The smallest absolute Gasteiger partial charge is 0.187 e. The third kappa shape index (κ3) is 2.55. The minimum atomic E-state index is -0.00786. The Kier molecular flexibility index (Phi) is 2.99. The summed E-state index contributed by atoms with van der Waals surface area (Å²) in [6.45, 7) is 2.04. The fourth-order valence-electron chi connectivity index (χ4n) is 1.20. The van der Waals surface area contributed by atoms with Gasteiger partial charge in [-0.15, -0.1) is 11.3 Å². The predicted molar refractivity (Wildman–Crippen MR) is 62.5 cm³/mol. The SMILES string of the molecule is Cc1ccc(Nc2nc(CO)cs2)cc1. The van der Waals surface area contributed by atoms with Gasteiger partial charge in [0.2, 0.25) is 0 Å². The van der Waals surface area contributed by atoms with E-state index in [1.54, 1.807) is 0 Å². The summed E-state index contributed by atoms with van der Waals surface area (Å²) in [5, 5.41) is 14.7. The number of rotatable bonds is 3. The molecule has 0 aliphatic rings. The van der Waals surface area contributed by atoms with Crippen molar-refractivity contribution in [3.05, 3.63) is 40.9 Å². The first-order chi connectivity index (χ1) is 7.28. The second kappa shape index (κ2) is 4.42. The van der Waals surface area contributed by atoms with Gasteiger partial charge in [0.1, 0.15) is 0 Å². The summed E-state index contributed by atoms with van der Waals surface area (Å²) in [5.41, 5.74) is 2.95. The third-order valence-corrected chi connectivity index (χ3v) is 2.82. The van der Waals surface area contributed by atoms with Gasteiger partial charge < -0.3 is 10.4 Å². The Morgan fingerprint density at radius 2 is 2.07 bits per heavy atom. The summed E-state index contributed by atoms with van der Waals surface area (Å²) in [7, 11) is 0. The Bertz CT molecular complexity index is 436. The number of nitrogens with zero attached hydrogens (tertiary/aromatic N) is 1. The summed E-state index contributed by atoms with van der Waals surface area (Å²) < 4.78 is 0. The van der Waals surface area contributed by atoms with Crippen LogP contribution in [0.1, 0.15) is 11.3 Å². The highest BCUT2D eigenvalue weighted by atomic mass is 32.1. The van der Waals surface area contributed by atoms with E-state index in [1.807, 2.05) is 29.6 Å². The number of nitrogens with one attached hydrogen (secondary N) is 1. The average Bonchev–Trinajstić information content (AvgIpc) is 2.69. The molecule has 1 aromatic carbocycles. The molecular formula is C11H12N2OS. The Balaban J connectivity index is 2.11. The lowest BCUT2D eigenvalue weighted by atomic mass is 10.2. The molecule has 0 radical (unpaired) electrons. The van der Waals surface area contributed by atoms with Gasteiger partial charge in [-0.05, 0) is 19.1 Å². The topological polar surface area (TPSA) is 45.2 Å². The first-order valence-electron chi connectivity index (χ1n) is 4.67. The van der Waals surface area contributed by atoms with E-state index < -0.39 is 0 Å². The predicted octanol–water partition coefficient (Wildman–Crippen LogP) is 2.69. The molecule has 0 saturated carbocycles. The molecule has 2 rings (SSSR count). The highest BCUT2D eigenvalue weighted by Gasteiger charge is 2.00. The van der Waals surface area contributed by atoms with Gasteiger partial charge in [-0.2, -0.15) is 0 Å². The normalized spacial score (nSPS) is 10.3. The van der Waals surface area contributed by atoms with Gasteiger partial charge in [0.15, 0.2) is 5.13 Å². The molecule has 1 aromatic heterocycles. The lowest BCUT2D eigenvalue weighted by molar-refractivity contribution is 0.278. The zero-order valence-corrected chi connectivity index (χ0v) is 9.21. The van der Waals surface area contributed by atoms with E-state index in [2.05, 4.69) is 17.2 Å². The summed E-state index contributed by atoms with van der Waals surface area (Å²) in [6, 6.07) is 8.11. The Labute approximate surface area is 92.4 Å². The average molecular weight is 220 g/mol. The van der Waals surface area contributed by atoms with Crippen LogP contribution in [-0.4, -0.2) is 10.1 Å².